The Kier molecular flexibility index (Phi) is 4.79. The van der Waals surface area contributed by atoms with Gasteiger partial charge in [0.05, 0.1) is 0 Å². The molecule has 0 unspecified atom stereocenters. The maximum atomic E-state index is 5.72. The van der Waals surface area contributed by atoms with Crippen LogP contribution >= 0.6 is 24.0 Å². The first-order valence-corrected chi connectivity index (χ1v) is 7.33. The van der Waals surface area contributed by atoms with Crippen LogP contribution in [0.1, 0.15) is 16.7 Å². The lowest BCUT2D eigenvalue weighted by Crippen LogP contribution is -2.11. The zero-order valence-electron chi connectivity index (χ0n) is 10.0. The topological polar surface area (TPSA) is 26.0 Å². The molecule has 0 aliphatic rings. The molecule has 0 radical (unpaired) electrons. The van der Waals surface area contributed by atoms with E-state index in [0.29, 0.717) is 4.99 Å². The Labute approximate surface area is 117 Å². The van der Waals surface area contributed by atoms with E-state index in [2.05, 4.69) is 30.3 Å². The largest absolute Gasteiger partial charge is 0.389 e. The van der Waals surface area contributed by atoms with Crippen LogP contribution in [0, 0.1) is 0 Å². The van der Waals surface area contributed by atoms with Gasteiger partial charge in [0, 0.05) is 17.1 Å². The maximum Gasteiger partial charge on any atom is 0.104 e. The second kappa shape index (κ2) is 6.57. The molecule has 0 heterocycles. The van der Waals surface area contributed by atoms with Crippen molar-refractivity contribution in [3.8, 4) is 0 Å². The summed E-state index contributed by atoms with van der Waals surface area (Å²) < 4.78 is 0. The number of thiocarbonyl (C=S) groups is 1. The van der Waals surface area contributed by atoms with Crippen LogP contribution < -0.4 is 5.73 Å². The van der Waals surface area contributed by atoms with Gasteiger partial charge in [0.15, 0.2) is 0 Å². The Hall–Kier alpha value is -1.32. The van der Waals surface area contributed by atoms with Crippen molar-refractivity contribution < 1.29 is 0 Å². The number of rotatable bonds is 5. The fourth-order valence-corrected chi connectivity index (χ4v) is 2.94. The molecule has 2 aromatic rings. The average Bonchev–Trinajstić information content (AvgIpc) is 2.40. The van der Waals surface area contributed by atoms with Gasteiger partial charge in [-0.2, -0.15) is 11.8 Å². The Morgan fingerprint density at radius 2 is 1.61 bits per heavy atom. The predicted molar refractivity (Wildman–Crippen MR) is 83.8 cm³/mol. The van der Waals surface area contributed by atoms with Crippen LogP contribution in [-0.2, 0) is 11.5 Å². The van der Waals surface area contributed by atoms with Crippen molar-refractivity contribution in [3.05, 3.63) is 71.3 Å². The van der Waals surface area contributed by atoms with Crippen molar-refractivity contribution in [2.75, 3.05) is 0 Å². The highest BCUT2D eigenvalue weighted by Crippen LogP contribution is 2.20. The summed E-state index contributed by atoms with van der Waals surface area (Å²) in [6.07, 6.45) is 0. The maximum absolute atomic E-state index is 5.72. The molecule has 0 aromatic heterocycles. The molecule has 3 heteroatoms. The van der Waals surface area contributed by atoms with Crippen molar-refractivity contribution >= 4 is 29.0 Å². The molecule has 0 aliphatic heterocycles. The number of hydrogen-bond acceptors (Lipinski definition) is 2. The number of hydrogen-bond donors (Lipinski definition) is 1. The summed E-state index contributed by atoms with van der Waals surface area (Å²) in [5.74, 6) is 1.94. The highest BCUT2D eigenvalue weighted by molar-refractivity contribution is 7.97. The summed E-state index contributed by atoms with van der Waals surface area (Å²) in [6.45, 7) is 0. The number of thioether (sulfide) groups is 1. The Morgan fingerprint density at radius 3 is 2.33 bits per heavy atom. The Morgan fingerprint density at radius 1 is 0.944 bits per heavy atom. The summed E-state index contributed by atoms with van der Waals surface area (Å²) in [7, 11) is 0. The minimum Gasteiger partial charge on any atom is -0.389 e. The second-order valence-electron chi connectivity index (χ2n) is 4.00. The van der Waals surface area contributed by atoms with E-state index in [1.165, 1.54) is 11.1 Å². The van der Waals surface area contributed by atoms with Gasteiger partial charge in [-0.05, 0) is 11.1 Å². The SMILES string of the molecule is NC(=S)c1ccccc1CSCc1ccccc1. The lowest BCUT2D eigenvalue weighted by Gasteiger charge is -2.07. The molecular formula is C15H15NS2. The van der Waals surface area contributed by atoms with Gasteiger partial charge >= 0.3 is 0 Å². The smallest absolute Gasteiger partial charge is 0.104 e. The van der Waals surface area contributed by atoms with E-state index in [-0.39, 0.29) is 0 Å². The van der Waals surface area contributed by atoms with Gasteiger partial charge in [0.2, 0.25) is 0 Å². The first kappa shape index (κ1) is 13.1. The summed E-state index contributed by atoms with van der Waals surface area (Å²) in [5, 5.41) is 0. The molecule has 0 atom stereocenters. The van der Waals surface area contributed by atoms with E-state index >= 15 is 0 Å². The number of nitrogens with two attached hydrogens (primary N) is 1. The van der Waals surface area contributed by atoms with Gasteiger partial charge in [-0.25, -0.2) is 0 Å². The fraction of sp³-hybridized carbons (Fsp3) is 0.133. The van der Waals surface area contributed by atoms with Gasteiger partial charge in [-0.1, -0.05) is 66.8 Å². The minimum atomic E-state index is 0.478. The van der Waals surface area contributed by atoms with Crippen LogP contribution in [0.4, 0.5) is 0 Å². The third-order valence-corrected chi connectivity index (χ3v) is 3.92. The van der Waals surface area contributed by atoms with Crippen LogP contribution in [0.5, 0.6) is 0 Å². The zero-order valence-corrected chi connectivity index (χ0v) is 11.6. The van der Waals surface area contributed by atoms with Crippen molar-refractivity contribution in [2.24, 2.45) is 5.73 Å². The van der Waals surface area contributed by atoms with E-state index < -0.39 is 0 Å². The third-order valence-electron chi connectivity index (χ3n) is 2.65. The second-order valence-corrected chi connectivity index (χ2v) is 5.43. The molecule has 92 valence electrons. The first-order valence-electron chi connectivity index (χ1n) is 5.77. The molecular weight excluding hydrogens is 258 g/mol. The quantitative estimate of drug-likeness (QED) is 0.840. The molecule has 18 heavy (non-hydrogen) atoms. The standard InChI is InChI=1S/C15H15NS2/c16-15(17)14-9-5-4-8-13(14)11-18-10-12-6-2-1-3-7-12/h1-9H,10-11H2,(H2,16,17). The zero-order chi connectivity index (χ0) is 12.8. The summed E-state index contributed by atoms with van der Waals surface area (Å²) in [4.78, 5) is 0.478. The molecule has 0 saturated heterocycles. The average molecular weight is 273 g/mol. The van der Waals surface area contributed by atoms with Crippen LogP contribution in [-0.4, -0.2) is 4.99 Å². The van der Waals surface area contributed by atoms with E-state index in [9.17, 15) is 0 Å². The van der Waals surface area contributed by atoms with Crippen LogP contribution in [0.15, 0.2) is 54.6 Å². The minimum absolute atomic E-state index is 0.478. The first-order chi connectivity index (χ1) is 8.77. The molecule has 0 saturated carbocycles. The van der Waals surface area contributed by atoms with Crippen LogP contribution in [0.2, 0.25) is 0 Å². The molecule has 0 aliphatic carbocycles. The molecule has 2 rings (SSSR count). The molecule has 2 aromatic carbocycles. The van der Waals surface area contributed by atoms with Crippen molar-refractivity contribution in [2.45, 2.75) is 11.5 Å². The molecule has 1 nitrogen and oxygen atoms in total. The molecule has 0 spiro atoms. The predicted octanol–water partition coefficient (Wildman–Crippen LogP) is 3.75. The van der Waals surface area contributed by atoms with Crippen molar-refractivity contribution in [1.82, 2.24) is 0 Å². The van der Waals surface area contributed by atoms with Crippen LogP contribution in [0.3, 0.4) is 0 Å². The summed E-state index contributed by atoms with van der Waals surface area (Å²) in [5.41, 5.74) is 9.27. The summed E-state index contributed by atoms with van der Waals surface area (Å²) in [6, 6.07) is 18.5. The Balaban J connectivity index is 1.97. The lowest BCUT2D eigenvalue weighted by molar-refractivity contribution is 1.35. The normalized spacial score (nSPS) is 10.2. The Bertz CT molecular complexity index is 523. The van der Waals surface area contributed by atoms with Crippen molar-refractivity contribution in [1.29, 1.82) is 0 Å². The summed E-state index contributed by atoms with van der Waals surface area (Å²) >= 11 is 6.94. The van der Waals surface area contributed by atoms with Gasteiger partial charge in [0.1, 0.15) is 4.99 Å². The fourth-order valence-electron chi connectivity index (χ4n) is 1.74. The van der Waals surface area contributed by atoms with Gasteiger partial charge < -0.3 is 5.73 Å². The molecule has 0 fully saturated rings. The van der Waals surface area contributed by atoms with E-state index in [1.54, 1.807) is 0 Å². The van der Waals surface area contributed by atoms with E-state index in [1.807, 2.05) is 36.0 Å². The highest BCUT2D eigenvalue weighted by atomic mass is 32.2. The van der Waals surface area contributed by atoms with Crippen LogP contribution in [0.25, 0.3) is 0 Å². The van der Waals surface area contributed by atoms with Crippen molar-refractivity contribution in [3.63, 3.8) is 0 Å². The molecule has 0 amide bonds. The van der Waals surface area contributed by atoms with Gasteiger partial charge in [-0.15, -0.1) is 0 Å². The lowest BCUT2D eigenvalue weighted by atomic mass is 10.1. The van der Waals surface area contributed by atoms with Gasteiger partial charge in [0.25, 0.3) is 0 Å². The van der Waals surface area contributed by atoms with E-state index in [0.717, 1.165) is 17.1 Å². The number of benzene rings is 2. The molecule has 2 N–H and O–H groups in total. The monoisotopic (exact) mass is 273 g/mol. The third kappa shape index (κ3) is 3.59. The molecule has 0 bridgehead atoms. The van der Waals surface area contributed by atoms with E-state index in [4.69, 9.17) is 18.0 Å². The van der Waals surface area contributed by atoms with Gasteiger partial charge in [-0.3, -0.25) is 0 Å². The highest BCUT2D eigenvalue weighted by Gasteiger charge is 2.04.